The molecule has 0 saturated heterocycles. The van der Waals surface area contributed by atoms with E-state index in [4.69, 9.17) is 4.74 Å². The summed E-state index contributed by atoms with van der Waals surface area (Å²) in [7, 11) is 0. The van der Waals surface area contributed by atoms with Gasteiger partial charge in [0, 0.05) is 24.4 Å². The lowest BCUT2D eigenvalue weighted by Crippen LogP contribution is -2.51. The number of aliphatic carboxylic acids is 1. The molecule has 3 fully saturated rings. The van der Waals surface area contributed by atoms with Gasteiger partial charge >= 0.3 is 12.1 Å². The van der Waals surface area contributed by atoms with E-state index in [1.807, 2.05) is 24.3 Å². The fourth-order valence-corrected chi connectivity index (χ4v) is 6.54. The van der Waals surface area contributed by atoms with Crippen molar-refractivity contribution < 1.29 is 24.2 Å². The highest BCUT2D eigenvalue weighted by molar-refractivity contribution is 5.82. The Hall–Kier alpha value is -3.35. The lowest BCUT2D eigenvalue weighted by atomic mass is 9.71. The van der Waals surface area contributed by atoms with E-state index in [0.29, 0.717) is 24.8 Å². The molecule has 3 saturated carbocycles. The van der Waals surface area contributed by atoms with Gasteiger partial charge in [0.05, 0.1) is 5.92 Å². The molecule has 35 heavy (non-hydrogen) atoms. The Morgan fingerprint density at radius 1 is 0.914 bits per heavy atom. The Morgan fingerprint density at radius 3 is 2.29 bits per heavy atom. The first-order valence-electron chi connectivity index (χ1n) is 12.6. The fourth-order valence-electron chi connectivity index (χ4n) is 6.54. The zero-order chi connectivity index (χ0) is 24.1. The summed E-state index contributed by atoms with van der Waals surface area (Å²) >= 11 is 0. The van der Waals surface area contributed by atoms with Crippen molar-refractivity contribution in [2.75, 3.05) is 13.2 Å². The van der Waals surface area contributed by atoms with Crippen LogP contribution in [-0.4, -0.2) is 42.3 Å². The first kappa shape index (κ1) is 22.1. The molecule has 2 amide bonds. The van der Waals surface area contributed by atoms with Crippen molar-refractivity contribution in [1.29, 1.82) is 0 Å². The van der Waals surface area contributed by atoms with Crippen LogP contribution < -0.4 is 10.6 Å². The molecule has 2 aromatic rings. The van der Waals surface area contributed by atoms with Crippen molar-refractivity contribution in [3.05, 3.63) is 59.7 Å². The molecule has 7 nitrogen and oxygen atoms in total. The molecule has 0 aromatic heterocycles. The highest BCUT2D eigenvalue weighted by atomic mass is 16.5. The van der Waals surface area contributed by atoms with Gasteiger partial charge in [-0.1, -0.05) is 48.5 Å². The molecule has 1 unspecified atom stereocenters. The molecule has 7 heteroatoms. The van der Waals surface area contributed by atoms with Gasteiger partial charge in [-0.2, -0.15) is 0 Å². The minimum Gasteiger partial charge on any atom is -0.481 e. The Labute approximate surface area is 204 Å². The van der Waals surface area contributed by atoms with Crippen LogP contribution in [0, 0.1) is 29.6 Å². The number of carbonyl (C=O) groups excluding carboxylic acids is 2. The van der Waals surface area contributed by atoms with Crippen LogP contribution in [-0.2, 0) is 14.3 Å². The van der Waals surface area contributed by atoms with Gasteiger partial charge < -0.3 is 20.5 Å². The second kappa shape index (κ2) is 8.70. The summed E-state index contributed by atoms with van der Waals surface area (Å²) in [6.45, 7) is 0.697. The fraction of sp³-hybridized carbons (Fsp3) is 0.464. The van der Waals surface area contributed by atoms with Crippen LogP contribution in [0.2, 0.25) is 0 Å². The average molecular weight is 475 g/mol. The van der Waals surface area contributed by atoms with Crippen LogP contribution in [0.3, 0.4) is 0 Å². The number of ether oxygens (including phenoxy) is 1. The van der Waals surface area contributed by atoms with E-state index >= 15 is 0 Å². The van der Waals surface area contributed by atoms with Gasteiger partial charge in [-0.05, 0) is 65.7 Å². The van der Waals surface area contributed by atoms with E-state index in [1.54, 1.807) is 0 Å². The minimum absolute atomic E-state index is 0.0233. The number of rotatable bonds is 7. The molecule has 0 bridgehead atoms. The maximum Gasteiger partial charge on any atom is 0.407 e. The van der Waals surface area contributed by atoms with Crippen LogP contribution in [0.5, 0.6) is 0 Å². The molecule has 4 aliphatic carbocycles. The summed E-state index contributed by atoms with van der Waals surface area (Å²) in [4.78, 5) is 36.3. The Kier molecular flexibility index (Phi) is 5.50. The number of carboxylic acids is 1. The highest BCUT2D eigenvalue weighted by Crippen LogP contribution is 2.50. The number of carbonyl (C=O) groups is 3. The van der Waals surface area contributed by atoms with Crippen molar-refractivity contribution in [3.8, 4) is 11.1 Å². The largest absolute Gasteiger partial charge is 0.481 e. The number of hydrogen-bond donors (Lipinski definition) is 3. The Bertz CT molecular complexity index is 1130. The normalized spacial score (nSPS) is 29.8. The SMILES string of the molecule is O=C(NC[C@H]1C[C@H]1C(=O)N[C@H]1C[C@H]2CC(C(=O)O)C[C@H]21)OCC1c2ccccc2-c2ccccc21. The Balaban J connectivity index is 0.950. The summed E-state index contributed by atoms with van der Waals surface area (Å²) < 4.78 is 5.58. The summed E-state index contributed by atoms with van der Waals surface area (Å²) in [6.07, 6.45) is 2.60. The number of carboxylic acid groups (broad SMARTS) is 1. The van der Waals surface area contributed by atoms with Crippen molar-refractivity contribution in [3.63, 3.8) is 0 Å². The standard InChI is InChI=1S/C28H30N2O5/c31-26(30-25-12-15-9-16(27(32)33)10-22(15)25)23-11-17(23)13-29-28(34)35-14-24-20-7-3-1-5-18(20)19-6-2-4-8-21(19)24/h1-8,15-17,22-25H,9-14H2,(H,29,34)(H,30,31)(H,32,33)/t15-,16?,17-,22-,23-,25+/m1/s1. The lowest BCUT2D eigenvalue weighted by Gasteiger charge is -2.40. The lowest BCUT2D eigenvalue weighted by molar-refractivity contribution is -0.141. The molecule has 4 aliphatic rings. The van der Waals surface area contributed by atoms with E-state index in [1.165, 1.54) is 22.3 Å². The summed E-state index contributed by atoms with van der Waals surface area (Å²) in [5, 5.41) is 15.2. The minimum atomic E-state index is -0.717. The van der Waals surface area contributed by atoms with Gasteiger partial charge in [0.15, 0.2) is 0 Å². The van der Waals surface area contributed by atoms with Gasteiger partial charge in [-0.3, -0.25) is 9.59 Å². The van der Waals surface area contributed by atoms with Crippen LogP contribution in [0.15, 0.2) is 48.5 Å². The first-order valence-corrected chi connectivity index (χ1v) is 12.6. The maximum absolute atomic E-state index is 12.6. The maximum atomic E-state index is 12.6. The zero-order valence-corrected chi connectivity index (χ0v) is 19.5. The van der Waals surface area contributed by atoms with E-state index in [9.17, 15) is 19.5 Å². The molecular weight excluding hydrogens is 444 g/mol. The van der Waals surface area contributed by atoms with Gasteiger partial charge in [0.2, 0.25) is 5.91 Å². The third kappa shape index (κ3) is 4.07. The van der Waals surface area contributed by atoms with Gasteiger partial charge in [-0.15, -0.1) is 0 Å². The van der Waals surface area contributed by atoms with E-state index < -0.39 is 12.1 Å². The topological polar surface area (TPSA) is 105 Å². The van der Waals surface area contributed by atoms with E-state index in [2.05, 4.69) is 34.9 Å². The molecule has 2 aromatic carbocycles. The first-order chi connectivity index (χ1) is 17.0. The number of fused-ring (bicyclic) bond motifs is 4. The molecule has 182 valence electrons. The third-order valence-electron chi connectivity index (χ3n) is 8.61. The molecule has 3 N–H and O–H groups in total. The molecule has 0 radical (unpaired) electrons. The van der Waals surface area contributed by atoms with E-state index in [0.717, 1.165) is 19.3 Å². The molecule has 0 aliphatic heterocycles. The number of amides is 2. The molecule has 0 heterocycles. The number of nitrogens with one attached hydrogen (secondary N) is 2. The van der Waals surface area contributed by atoms with Crippen LogP contribution in [0.1, 0.15) is 42.7 Å². The smallest absolute Gasteiger partial charge is 0.407 e. The molecule has 6 atom stereocenters. The molecule has 6 rings (SSSR count). The third-order valence-corrected chi connectivity index (χ3v) is 8.61. The van der Waals surface area contributed by atoms with Crippen molar-refractivity contribution in [2.45, 2.75) is 37.6 Å². The second-order valence-corrected chi connectivity index (χ2v) is 10.6. The second-order valence-electron chi connectivity index (χ2n) is 10.6. The van der Waals surface area contributed by atoms with E-state index in [-0.39, 0.29) is 42.2 Å². The quantitative estimate of drug-likeness (QED) is 0.567. The molecular formula is C28H30N2O5. The van der Waals surface area contributed by atoms with Crippen molar-refractivity contribution in [2.24, 2.45) is 29.6 Å². The van der Waals surface area contributed by atoms with Crippen LogP contribution in [0.25, 0.3) is 11.1 Å². The number of hydrogen-bond acceptors (Lipinski definition) is 4. The number of alkyl carbamates (subject to hydrolysis) is 1. The van der Waals surface area contributed by atoms with Crippen LogP contribution >= 0.6 is 0 Å². The summed E-state index contributed by atoms with van der Waals surface area (Å²) in [6, 6.07) is 16.6. The highest BCUT2D eigenvalue weighted by Gasteiger charge is 2.51. The monoisotopic (exact) mass is 474 g/mol. The molecule has 0 spiro atoms. The number of benzene rings is 2. The van der Waals surface area contributed by atoms with Gasteiger partial charge in [0.25, 0.3) is 0 Å². The predicted octanol–water partition coefficient (Wildman–Crippen LogP) is 3.78. The predicted molar refractivity (Wildman–Crippen MR) is 129 cm³/mol. The van der Waals surface area contributed by atoms with Gasteiger partial charge in [-0.25, -0.2) is 4.79 Å². The summed E-state index contributed by atoms with van der Waals surface area (Å²) in [5.74, 6) is -0.140. The van der Waals surface area contributed by atoms with Gasteiger partial charge in [0.1, 0.15) is 6.61 Å². The Morgan fingerprint density at radius 2 is 1.60 bits per heavy atom. The van der Waals surface area contributed by atoms with Crippen molar-refractivity contribution in [1.82, 2.24) is 10.6 Å². The summed E-state index contributed by atoms with van der Waals surface area (Å²) in [5.41, 5.74) is 4.74. The average Bonchev–Trinajstić information content (AvgIpc) is 3.46. The van der Waals surface area contributed by atoms with Crippen LogP contribution in [0.4, 0.5) is 4.79 Å². The zero-order valence-electron chi connectivity index (χ0n) is 19.5. The van der Waals surface area contributed by atoms with Crippen molar-refractivity contribution >= 4 is 18.0 Å².